The zero-order valence-corrected chi connectivity index (χ0v) is 19.8. The van der Waals surface area contributed by atoms with E-state index in [0.29, 0.717) is 17.5 Å². The summed E-state index contributed by atoms with van der Waals surface area (Å²) in [6.07, 6.45) is 7.96. The third kappa shape index (κ3) is 5.17. The van der Waals surface area contributed by atoms with E-state index in [-0.39, 0.29) is 22.8 Å². The van der Waals surface area contributed by atoms with Crippen LogP contribution in [0, 0.1) is 11.8 Å². The molecular weight excluding hydrogens is 422 g/mol. The van der Waals surface area contributed by atoms with Crippen LogP contribution < -0.4 is 9.64 Å². The predicted octanol–water partition coefficient (Wildman–Crippen LogP) is 6.34. The lowest BCUT2D eigenvalue weighted by atomic mass is 9.82. The number of carboxylic acid groups (broad SMARTS) is 1. The maximum Gasteiger partial charge on any atom is 0.348 e. The Balaban J connectivity index is 1.43. The van der Waals surface area contributed by atoms with E-state index >= 15 is 0 Å². The van der Waals surface area contributed by atoms with Gasteiger partial charge in [-0.05, 0) is 81.4 Å². The van der Waals surface area contributed by atoms with Crippen LogP contribution in [0.2, 0.25) is 0 Å². The van der Waals surface area contributed by atoms with Crippen LogP contribution in [-0.2, 0) is 4.79 Å². The molecule has 2 aliphatic carbocycles. The molecule has 1 aromatic carbocycles. The number of hydrogen-bond donors (Lipinski definition) is 1. The predicted molar refractivity (Wildman–Crippen MR) is 128 cm³/mol. The number of amides is 1. The summed E-state index contributed by atoms with van der Waals surface area (Å²) in [5.41, 5.74) is 0.559. The lowest BCUT2D eigenvalue weighted by Gasteiger charge is -2.29. The van der Waals surface area contributed by atoms with Crippen LogP contribution in [0.15, 0.2) is 36.4 Å². The van der Waals surface area contributed by atoms with Gasteiger partial charge in [0.15, 0.2) is 0 Å². The first-order valence-electron chi connectivity index (χ1n) is 11.8. The van der Waals surface area contributed by atoms with Gasteiger partial charge in [0, 0.05) is 17.8 Å². The van der Waals surface area contributed by atoms with E-state index in [1.807, 2.05) is 36.4 Å². The van der Waals surface area contributed by atoms with Gasteiger partial charge >= 0.3 is 5.97 Å². The summed E-state index contributed by atoms with van der Waals surface area (Å²) in [6.45, 7) is 2.23. The number of para-hydroxylation sites is 1. The molecule has 0 aliphatic heterocycles. The molecule has 0 spiro atoms. The van der Waals surface area contributed by atoms with Crippen molar-refractivity contribution in [2.24, 2.45) is 11.8 Å². The number of thiophene rings is 1. The van der Waals surface area contributed by atoms with Crippen molar-refractivity contribution in [2.45, 2.75) is 70.3 Å². The SMILES string of the molecule is CC1CCC(C(=O)N(C)c2cc(C3CCC(Oc4ccccc4)CC3)sc2C(=O)O)CC1. The summed E-state index contributed by atoms with van der Waals surface area (Å²) < 4.78 is 6.11. The van der Waals surface area contributed by atoms with Crippen molar-refractivity contribution in [3.63, 3.8) is 0 Å². The van der Waals surface area contributed by atoms with E-state index in [4.69, 9.17) is 4.74 Å². The molecule has 0 atom stereocenters. The molecule has 2 aromatic rings. The largest absolute Gasteiger partial charge is 0.490 e. The first-order chi connectivity index (χ1) is 15.4. The number of hydrogen-bond acceptors (Lipinski definition) is 4. The van der Waals surface area contributed by atoms with Gasteiger partial charge in [0.25, 0.3) is 0 Å². The van der Waals surface area contributed by atoms with E-state index in [9.17, 15) is 14.7 Å². The molecule has 6 heteroatoms. The van der Waals surface area contributed by atoms with E-state index in [1.165, 1.54) is 11.3 Å². The molecule has 2 aliphatic rings. The quantitative estimate of drug-likeness (QED) is 0.552. The molecule has 1 aromatic heterocycles. The first-order valence-corrected chi connectivity index (χ1v) is 12.6. The Morgan fingerprint density at radius 2 is 1.66 bits per heavy atom. The lowest BCUT2D eigenvalue weighted by Crippen LogP contribution is -2.35. The van der Waals surface area contributed by atoms with E-state index in [1.54, 1.807) is 11.9 Å². The lowest BCUT2D eigenvalue weighted by molar-refractivity contribution is -0.123. The fraction of sp³-hybridized carbons (Fsp3) is 0.538. The Labute approximate surface area is 194 Å². The van der Waals surface area contributed by atoms with Gasteiger partial charge in [-0.15, -0.1) is 11.3 Å². The van der Waals surface area contributed by atoms with Crippen molar-refractivity contribution in [1.82, 2.24) is 0 Å². The van der Waals surface area contributed by atoms with Crippen LogP contribution in [0.25, 0.3) is 0 Å². The Kier molecular flexibility index (Phi) is 7.19. The van der Waals surface area contributed by atoms with Gasteiger partial charge in [0.05, 0.1) is 11.8 Å². The van der Waals surface area contributed by atoms with E-state index < -0.39 is 5.97 Å². The second kappa shape index (κ2) is 10.1. The monoisotopic (exact) mass is 455 g/mol. The smallest absolute Gasteiger partial charge is 0.348 e. The van der Waals surface area contributed by atoms with Crippen molar-refractivity contribution in [3.8, 4) is 5.75 Å². The van der Waals surface area contributed by atoms with Gasteiger partial charge in [-0.25, -0.2) is 4.79 Å². The van der Waals surface area contributed by atoms with E-state index in [0.717, 1.165) is 62.0 Å². The van der Waals surface area contributed by atoms with Gasteiger partial charge in [0.2, 0.25) is 5.91 Å². The minimum atomic E-state index is -0.950. The molecule has 32 heavy (non-hydrogen) atoms. The summed E-state index contributed by atoms with van der Waals surface area (Å²) in [6, 6.07) is 11.9. The number of benzene rings is 1. The molecule has 1 N–H and O–H groups in total. The minimum absolute atomic E-state index is 0.00627. The van der Waals surface area contributed by atoms with Gasteiger partial charge in [-0.3, -0.25) is 4.79 Å². The van der Waals surface area contributed by atoms with Crippen molar-refractivity contribution in [1.29, 1.82) is 0 Å². The normalized spacial score (nSPS) is 25.8. The number of ether oxygens (including phenoxy) is 1. The molecule has 2 saturated carbocycles. The van der Waals surface area contributed by atoms with Crippen LogP contribution in [0.5, 0.6) is 5.75 Å². The third-order valence-corrected chi connectivity index (χ3v) is 8.38. The van der Waals surface area contributed by atoms with Crippen molar-refractivity contribution >= 4 is 28.9 Å². The molecular formula is C26H33NO4S. The van der Waals surface area contributed by atoms with Gasteiger partial charge in [0.1, 0.15) is 10.6 Å². The maximum atomic E-state index is 13.1. The van der Waals surface area contributed by atoms with E-state index in [2.05, 4.69) is 6.92 Å². The molecule has 0 saturated heterocycles. The average molecular weight is 456 g/mol. The molecule has 4 rings (SSSR count). The fourth-order valence-electron chi connectivity index (χ4n) is 5.06. The van der Waals surface area contributed by atoms with Gasteiger partial charge < -0.3 is 14.7 Å². The fourth-order valence-corrected chi connectivity index (χ4v) is 6.26. The second-order valence-corrected chi connectivity index (χ2v) is 10.5. The Bertz CT molecular complexity index is 925. The van der Waals surface area contributed by atoms with Crippen molar-refractivity contribution in [3.05, 3.63) is 46.2 Å². The van der Waals surface area contributed by atoms with Crippen LogP contribution in [-0.4, -0.2) is 30.1 Å². The highest BCUT2D eigenvalue weighted by Gasteiger charge is 2.32. The third-order valence-electron chi connectivity index (χ3n) is 7.11. The van der Waals surface area contributed by atoms with Crippen LogP contribution >= 0.6 is 11.3 Å². The number of anilines is 1. The van der Waals surface area contributed by atoms with Gasteiger partial charge in [-0.1, -0.05) is 25.1 Å². The maximum absolute atomic E-state index is 13.1. The zero-order valence-electron chi connectivity index (χ0n) is 19.0. The molecule has 0 radical (unpaired) electrons. The highest BCUT2D eigenvalue weighted by Crippen LogP contribution is 2.42. The average Bonchev–Trinajstić information content (AvgIpc) is 3.26. The highest BCUT2D eigenvalue weighted by molar-refractivity contribution is 7.14. The molecule has 1 heterocycles. The molecule has 2 fully saturated rings. The Hall–Kier alpha value is -2.34. The number of carbonyl (C=O) groups is 2. The Morgan fingerprint density at radius 3 is 2.28 bits per heavy atom. The number of aromatic carboxylic acids is 1. The second-order valence-electron chi connectivity index (χ2n) is 9.43. The van der Waals surface area contributed by atoms with Crippen molar-refractivity contribution in [2.75, 3.05) is 11.9 Å². The summed E-state index contributed by atoms with van der Waals surface area (Å²) >= 11 is 1.34. The number of rotatable bonds is 6. The first kappa shape index (κ1) is 22.8. The summed E-state index contributed by atoms with van der Waals surface area (Å²) in [5, 5.41) is 9.81. The summed E-state index contributed by atoms with van der Waals surface area (Å²) in [5.74, 6) is 1.01. The highest BCUT2D eigenvalue weighted by atomic mass is 32.1. The molecule has 5 nitrogen and oxygen atoms in total. The van der Waals surface area contributed by atoms with Gasteiger partial charge in [-0.2, -0.15) is 0 Å². The zero-order chi connectivity index (χ0) is 22.7. The number of carboxylic acids is 1. The molecule has 1 amide bonds. The Morgan fingerprint density at radius 1 is 1.00 bits per heavy atom. The van der Waals surface area contributed by atoms with Crippen LogP contribution in [0.3, 0.4) is 0 Å². The minimum Gasteiger partial charge on any atom is -0.490 e. The van der Waals surface area contributed by atoms with Crippen LogP contribution in [0.1, 0.15) is 78.8 Å². The number of nitrogens with zero attached hydrogens (tertiary/aromatic N) is 1. The summed E-state index contributed by atoms with van der Waals surface area (Å²) in [4.78, 5) is 28.0. The molecule has 172 valence electrons. The van der Waals surface area contributed by atoms with Crippen molar-refractivity contribution < 1.29 is 19.4 Å². The van der Waals surface area contributed by atoms with Crippen LogP contribution in [0.4, 0.5) is 5.69 Å². The summed E-state index contributed by atoms with van der Waals surface area (Å²) in [7, 11) is 1.74. The topological polar surface area (TPSA) is 66.8 Å². The standard InChI is InChI=1S/C26H33NO4S/c1-17-8-10-19(11-9-17)25(28)27(2)22-16-23(32-24(22)26(29)30)18-12-14-21(15-13-18)31-20-6-4-3-5-7-20/h3-7,16-19,21H,8-15H2,1-2H3,(H,29,30). The molecule has 0 unspecified atom stereocenters. The number of carbonyl (C=O) groups excluding carboxylic acids is 1. The molecule has 0 bridgehead atoms.